The van der Waals surface area contributed by atoms with Crippen molar-refractivity contribution < 1.29 is 0 Å². The Balaban J connectivity index is 1.31. The highest BCUT2D eigenvalue weighted by Gasteiger charge is 2.33. The van der Waals surface area contributed by atoms with Crippen molar-refractivity contribution in [3.8, 4) is 44.5 Å². The molecule has 10 rings (SSSR count). The molecule has 0 heterocycles. The standard InChI is InChI=1S/C48H35Cl/c1-26(2)42-38-24-37(35-15-8-7-14-34(35)32-19-16-28-10-5-6-11-31(28)22-32)41(49)25-39(38)43(27(3)4)47-36-21-20-30-18-17-29-12-9-13-33-23-40(48(42)47)46(36)45(30)44(29)33/h5-27H,1-4H3. The number of halogens is 1. The van der Waals surface area contributed by atoms with E-state index in [1.807, 2.05) is 0 Å². The highest BCUT2D eigenvalue weighted by molar-refractivity contribution is 6.36. The second kappa shape index (κ2) is 10.4. The van der Waals surface area contributed by atoms with Crippen molar-refractivity contribution in [3.05, 3.63) is 144 Å². The van der Waals surface area contributed by atoms with Crippen molar-refractivity contribution in [1.82, 2.24) is 0 Å². The van der Waals surface area contributed by atoms with E-state index < -0.39 is 0 Å². The first kappa shape index (κ1) is 28.8. The maximum absolute atomic E-state index is 7.43. The third kappa shape index (κ3) is 3.99. The van der Waals surface area contributed by atoms with Crippen LogP contribution in [0.3, 0.4) is 0 Å². The van der Waals surface area contributed by atoms with Crippen LogP contribution in [0.5, 0.6) is 0 Å². The second-order valence-electron chi connectivity index (χ2n) is 14.5. The summed E-state index contributed by atoms with van der Waals surface area (Å²) in [5, 5.41) is 14.0. The third-order valence-electron chi connectivity index (χ3n) is 11.1. The van der Waals surface area contributed by atoms with Gasteiger partial charge in [0.25, 0.3) is 0 Å². The zero-order valence-electron chi connectivity index (χ0n) is 28.2. The van der Waals surface area contributed by atoms with Gasteiger partial charge in [0.1, 0.15) is 0 Å². The molecule has 0 bridgehead atoms. The first-order valence-electron chi connectivity index (χ1n) is 17.5. The van der Waals surface area contributed by atoms with Crippen LogP contribution in [-0.4, -0.2) is 0 Å². The SMILES string of the molecule is CC(C)c1c2c(c(C(C)C)c3cc(-c4ccccc4-c4ccc5ccccc5c4)c(Cl)cc13)-c1cc3cccc4ccc5ccc-2c1c5c43. The zero-order chi connectivity index (χ0) is 33.1. The van der Waals surface area contributed by atoms with E-state index in [0.717, 1.165) is 16.1 Å². The van der Waals surface area contributed by atoms with E-state index in [-0.39, 0.29) is 0 Å². The van der Waals surface area contributed by atoms with Crippen LogP contribution >= 0.6 is 11.6 Å². The number of hydrogen-bond acceptors (Lipinski definition) is 0. The van der Waals surface area contributed by atoms with Gasteiger partial charge in [0.15, 0.2) is 0 Å². The lowest BCUT2D eigenvalue weighted by Crippen LogP contribution is -2.02. The van der Waals surface area contributed by atoms with Crippen molar-refractivity contribution in [2.45, 2.75) is 39.5 Å². The summed E-state index contributed by atoms with van der Waals surface area (Å²) in [7, 11) is 0. The lowest BCUT2D eigenvalue weighted by molar-refractivity contribution is 0.864. The molecule has 0 fully saturated rings. The quantitative estimate of drug-likeness (QED) is 0.167. The Morgan fingerprint density at radius 2 is 0.980 bits per heavy atom. The summed E-state index contributed by atoms with van der Waals surface area (Å²) in [6.07, 6.45) is 0. The highest BCUT2D eigenvalue weighted by atomic mass is 35.5. The average molecular weight is 647 g/mol. The van der Waals surface area contributed by atoms with Gasteiger partial charge in [-0.25, -0.2) is 0 Å². The van der Waals surface area contributed by atoms with Crippen LogP contribution in [0.15, 0.2) is 127 Å². The molecule has 1 aliphatic carbocycles. The Kier molecular flexibility index (Phi) is 6.12. The Bertz CT molecular complexity index is 2830. The van der Waals surface area contributed by atoms with Gasteiger partial charge in [0.05, 0.1) is 0 Å². The van der Waals surface area contributed by atoms with Gasteiger partial charge in [0, 0.05) is 10.6 Å². The van der Waals surface area contributed by atoms with E-state index in [1.54, 1.807) is 0 Å². The lowest BCUT2D eigenvalue weighted by atomic mass is 9.79. The van der Waals surface area contributed by atoms with E-state index in [4.69, 9.17) is 11.6 Å². The monoisotopic (exact) mass is 646 g/mol. The topological polar surface area (TPSA) is 0 Å². The zero-order valence-corrected chi connectivity index (χ0v) is 28.9. The van der Waals surface area contributed by atoms with Gasteiger partial charge in [-0.3, -0.25) is 0 Å². The van der Waals surface area contributed by atoms with Crippen LogP contribution in [0.1, 0.15) is 50.7 Å². The van der Waals surface area contributed by atoms with E-state index in [0.29, 0.717) is 11.8 Å². The molecule has 9 aromatic rings. The van der Waals surface area contributed by atoms with E-state index in [1.165, 1.54) is 98.4 Å². The molecule has 1 heteroatoms. The molecule has 0 radical (unpaired) electrons. The van der Waals surface area contributed by atoms with E-state index in [9.17, 15) is 0 Å². The molecule has 0 saturated heterocycles. The summed E-state index contributed by atoms with van der Waals surface area (Å²) in [6.45, 7) is 9.40. The van der Waals surface area contributed by atoms with Crippen molar-refractivity contribution in [3.63, 3.8) is 0 Å². The van der Waals surface area contributed by atoms with Crippen molar-refractivity contribution in [1.29, 1.82) is 0 Å². The van der Waals surface area contributed by atoms with Gasteiger partial charge >= 0.3 is 0 Å². The molecular formula is C48H35Cl. The normalized spacial score (nSPS) is 12.6. The number of hydrogen-bond donors (Lipinski definition) is 0. The van der Waals surface area contributed by atoms with Gasteiger partial charge in [-0.05, 0) is 140 Å². The summed E-state index contributed by atoms with van der Waals surface area (Å²) < 4.78 is 0. The minimum absolute atomic E-state index is 0.306. The first-order valence-corrected chi connectivity index (χ1v) is 17.9. The molecule has 0 N–H and O–H groups in total. The number of rotatable bonds is 4. The molecule has 0 aliphatic heterocycles. The Morgan fingerprint density at radius 3 is 1.76 bits per heavy atom. The number of benzene rings is 9. The van der Waals surface area contributed by atoms with Crippen LogP contribution in [0.4, 0.5) is 0 Å². The molecule has 0 atom stereocenters. The maximum Gasteiger partial charge on any atom is 0.0491 e. The number of fused-ring (bicyclic) bond motifs is 5. The largest absolute Gasteiger partial charge is 0.0836 e. The average Bonchev–Trinajstić information content (AvgIpc) is 3.43. The predicted molar refractivity (Wildman–Crippen MR) is 214 cm³/mol. The molecule has 49 heavy (non-hydrogen) atoms. The fourth-order valence-corrected chi connectivity index (χ4v) is 9.37. The molecule has 0 unspecified atom stereocenters. The molecule has 234 valence electrons. The molecule has 0 saturated carbocycles. The van der Waals surface area contributed by atoms with Gasteiger partial charge in [-0.2, -0.15) is 0 Å². The van der Waals surface area contributed by atoms with Gasteiger partial charge in [-0.1, -0.05) is 142 Å². The van der Waals surface area contributed by atoms with E-state index in [2.05, 4.69) is 155 Å². The molecule has 0 nitrogen and oxygen atoms in total. The Morgan fingerprint density at radius 1 is 0.388 bits per heavy atom. The predicted octanol–water partition coefficient (Wildman–Crippen LogP) is 14.8. The van der Waals surface area contributed by atoms with Gasteiger partial charge in [-0.15, -0.1) is 0 Å². The summed E-state index contributed by atoms with van der Waals surface area (Å²) in [5.74, 6) is 0.618. The fraction of sp³-hybridized carbons (Fsp3) is 0.125. The van der Waals surface area contributed by atoms with Crippen molar-refractivity contribution >= 4 is 65.5 Å². The van der Waals surface area contributed by atoms with Gasteiger partial charge < -0.3 is 0 Å². The molecule has 9 aromatic carbocycles. The molecular weight excluding hydrogens is 612 g/mol. The Labute approximate surface area is 291 Å². The summed E-state index contributed by atoms with van der Waals surface area (Å²) in [5.41, 5.74) is 13.0. The van der Waals surface area contributed by atoms with Crippen LogP contribution in [0.25, 0.3) is 98.4 Å². The van der Waals surface area contributed by atoms with Crippen molar-refractivity contribution in [2.24, 2.45) is 0 Å². The molecule has 1 aliphatic rings. The minimum Gasteiger partial charge on any atom is -0.0836 e. The van der Waals surface area contributed by atoms with Crippen LogP contribution < -0.4 is 0 Å². The lowest BCUT2D eigenvalue weighted by Gasteiger charge is -2.25. The Hall–Kier alpha value is -5.17. The highest BCUT2D eigenvalue weighted by Crippen LogP contribution is 2.58. The summed E-state index contributed by atoms with van der Waals surface area (Å²) in [6, 6.07) is 47.3. The second-order valence-corrected chi connectivity index (χ2v) is 14.9. The summed E-state index contributed by atoms with van der Waals surface area (Å²) in [4.78, 5) is 0. The van der Waals surface area contributed by atoms with Crippen LogP contribution in [0.2, 0.25) is 5.02 Å². The van der Waals surface area contributed by atoms with Crippen LogP contribution in [0, 0.1) is 0 Å². The van der Waals surface area contributed by atoms with Crippen molar-refractivity contribution in [2.75, 3.05) is 0 Å². The summed E-state index contributed by atoms with van der Waals surface area (Å²) >= 11 is 7.43. The fourth-order valence-electron chi connectivity index (χ4n) is 9.11. The molecule has 0 amide bonds. The third-order valence-corrected chi connectivity index (χ3v) is 11.4. The molecule has 0 aromatic heterocycles. The minimum atomic E-state index is 0.306. The smallest absolute Gasteiger partial charge is 0.0491 e. The maximum atomic E-state index is 7.43. The first-order chi connectivity index (χ1) is 23.9. The van der Waals surface area contributed by atoms with Crippen LogP contribution in [-0.2, 0) is 0 Å². The molecule has 0 spiro atoms. The van der Waals surface area contributed by atoms with Gasteiger partial charge in [0.2, 0.25) is 0 Å². The van der Waals surface area contributed by atoms with E-state index >= 15 is 0 Å².